The monoisotopic (exact) mass is 196 g/mol. The van der Waals surface area contributed by atoms with Gasteiger partial charge in [-0.05, 0) is 17.7 Å². The second-order valence-electron chi connectivity index (χ2n) is 2.37. The van der Waals surface area contributed by atoms with E-state index >= 15 is 0 Å². The first-order valence-corrected chi connectivity index (χ1v) is 4.17. The van der Waals surface area contributed by atoms with Crippen molar-refractivity contribution in [2.45, 2.75) is 0 Å². The zero-order valence-electron chi connectivity index (χ0n) is 7.16. The summed E-state index contributed by atoms with van der Waals surface area (Å²) in [6, 6.07) is 7.10. The Morgan fingerprint density at radius 2 is 2.15 bits per heavy atom. The molecule has 0 atom stereocenters. The van der Waals surface area contributed by atoms with E-state index in [9.17, 15) is 4.79 Å². The molecule has 0 aliphatic heterocycles. The van der Waals surface area contributed by atoms with Crippen LogP contribution >= 0.6 is 11.6 Å². The molecule has 0 saturated carbocycles. The topological polar surface area (TPSA) is 26.3 Å². The van der Waals surface area contributed by atoms with Crippen molar-refractivity contribution in [2.24, 2.45) is 0 Å². The normalized spacial score (nSPS) is 10.3. The summed E-state index contributed by atoms with van der Waals surface area (Å²) in [7, 11) is 1.35. The molecule has 1 aromatic carbocycles. The van der Waals surface area contributed by atoms with Crippen molar-refractivity contribution < 1.29 is 9.53 Å². The summed E-state index contributed by atoms with van der Waals surface area (Å²) in [5.74, 6) is -0.356. The predicted octanol–water partition coefficient (Wildman–Crippen LogP) is 2.68. The molecule has 3 heteroatoms. The number of rotatable bonds is 2. The van der Waals surface area contributed by atoms with Gasteiger partial charge in [0.05, 0.1) is 12.7 Å². The fourth-order valence-electron chi connectivity index (χ4n) is 1.01. The van der Waals surface area contributed by atoms with Crippen molar-refractivity contribution in [3.8, 4) is 0 Å². The van der Waals surface area contributed by atoms with Gasteiger partial charge < -0.3 is 4.74 Å². The number of carbonyl (C=O) groups is 1. The Morgan fingerprint density at radius 1 is 1.46 bits per heavy atom. The standard InChI is InChI=1S/C10H9ClO2/c1-13-10(12)9-5-3-2-4-8(9)6-7-11/h2-7H,1H3/b7-6+. The fraction of sp³-hybridized carbons (Fsp3) is 0.100. The van der Waals surface area contributed by atoms with Crippen LogP contribution in [0.4, 0.5) is 0 Å². The molecule has 0 heterocycles. The van der Waals surface area contributed by atoms with Crippen LogP contribution in [-0.4, -0.2) is 13.1 Å². The second-order valence-corrected chi connectivity index (χ2v) is 2.62. The molecule has 0 bridgehead atoms. The number of methoxy groups -OCH3 is 1. The first kappa shape index (κ1) is 9.81. The molecule has 1 aromatic rings. The van der Waals surface area contributed by atoms with Crippen molar-refractivity contribution in [1.82, 2.24) is 0 Å². The lowest BCUT2D eigenvalue weighted by molar-refractivity contribution is 0.0600. The van der Waals surface area contributed by atoms with Crippen LogP contribution in [0.2, 0.25) is 0 Å². The van der Waals surface area contributed by atoms with E-state index in [1.807, 2.05) is 6.07 Å². The summed E-state index contributed by atoms with van der Waals surface area (Å²) < 4.78 is 4.61. The average Bonchev–Trinajstić information content (AvgIpc) is 2.18. The van der Waals surface area contributed by atoms with Gasteiger partial charge >= 0.3 is 5.97 Å². The number of benzene rings is 1. The van der Waals surface area contributed by atoms with Crippen molar-refractivity contribution in [3.63, 3.8) is 0 Å². The summed E-state index contributed by atoms with van der Waals surface area (Å²) in [4.78, 5) is 11.2. The molecule has 0 aliphatic rings. The zero-order valence-corrected chi connectivity index (χ0v) is 7.91. The molecule has 0 unspecified atom stereocenters. The predicted molar refractivity (Wildman–Crippen MR) is 52.7 cm³/mol. The molecular formula is C10H9ClO2. The largest absolute Gasteiger partial charge is 0.465 e. The lowest BCUT2D eigenvalue weighted by Gasteiger charge is -2.02. The molecule has 0 aliphatic carbocycles. The summed E-state index contributed by atoms with van der Waals surface area (Å²) in [6.07, 6.45) is 1.65. The third-order valence-electron chi connectivity index (χ3n) is 1.61. The van der Waals surface area contributed by atoms with E-state index in [0.29, 0.717) is 5.56 Å². The van der Waals surface area contributed by atoms with Gasteiger partial charge in [-0.3, -0.25) is 0 Å². The number of ether oxygens (including phenoxy) is 1. The Labute approximate surface area is 81.8 Å². The van der Waals surface area contributed by atoms with Crippen LogP contribution in [0.1, 0.15) is 15.9 Å². The molecule has 0 aromatic heterocycles. The Balaban J connectivity index is 3.11. The molecule has 0 saturated heterocycles. The van der Waals surface area contributed by atoms with Gasteiger partial charge in [0.25, 0.3) is 0 Å². The Hall–Kier alpha value is -1.28. The number of hydrogen-bond donors (Lipinski definition) is 0. The van der Waals surface area contributed by atoms with Gasteiger partial charge in [0.1, 0.15) is 0 Å². The number of esters is 1. The minimum Gasteiger partial charge on any atom is -0.465 e. The van der Waals surface area contributed by atoms with Crippen molar-refractivity contribution in [1.29, 1.82) is 0 Å². The van der Waals surface area contributed by atoms with E-state index in [1.54, 1.807) is 24.3 Å². The number of halogens is 1. The SMILES string of the molecule is COC(=O)c1ccccc1/C=C/Cl. The lowest BCUT2D eigenvalue weighted by atomic mass is 10.1. The van der Waals surface area contributed by atoms with Crippen LogP contribution in [0.15, 0.2) is 29.8 Å². The highest BCUT2D eigenvalue weighted by Gasteiger charge is 2.07. The summed E-state index contributed by atoms with van der Waals surface area (Å²) in [6.45, 7) is 0. The molecule has 1 rings (SSSR count). The van der Waals surface area contributed by atoms with Gasteiger partial charge in [-0.25, -0.2) is 4.79 Å². The Kier molecular flexibility index (Phi) is 3.53. The molecule has 0 fully saturated rings. The first-order valence-electron chi connectivity index (χ1n) is 3.73. The van der Waals surface area contributed by atoms with Crippen LogP contribution in [0.3, 0.4) is 0 Å². The van der Waals surface area contributed by atoms with Gasteiger partial charge in [-0.2, -0.15) is 0 Å². The third kappa shape index (κ3) is 2.33. The van der Waals surface area contributed by atoms with Gasteiger partial charge in [0, 0.05) is 5.54 Å². The van der Waals surface area contributed by atoms with Crippen LogP contribution in [0, 0.1) is 0 Å². The Morgan fingerprint density at radius 3 is 2.77 bits per heavy atom. The van der Waals surface area contributed by atoms with Crippen molar-refractivity contribution in [2.75, 3.05) is 7.11 Å². The highest BCUT2D eigenvalue weighted by atomic mass is 35.5. The van der Waals surface area contributed by atoms with E-state index < -0.39 is 0 Å². The average molecular weight is 197 g/mol. The zero-order chi connectivity index (χ0) is 9.68. The van der Waals surface area contributed by atoms with Gasteiger partial charge in [-0.15, -0.1) is 0 Å². The summed E-state index contributed by atoms with van der Waals surface area (Å²) >= 11 is 5.42. The highest BCUT2D eigenvalue weighted by Crippen LogP contribution is 2.12. The van der Waals surface area contributed by atoms with E-state index in [4.69, 9.17) is 11.6 Å². The molecule has 2 nitrogen and oxygen atoms in total. The van der Waals surface area contributed by atoms with Crippen LogP contribution < -0.4 is 0 Å². The molecular weight excluding hydrogens is 188 g/mol. The molecule has 0 amide bonds. The molecule has 0 spiro atoms. The van der Waals surface area contributed by atoms with Crippen molar-refractivity contribution >= 4 is 23.6 Å². The second kappa shape index (κ2) is 4.67. The molecule has 0 N–H and O–H groups in total. The van der Waals surface area contributed by atoms with E-state index in [-0.39, 0.29) is 5.97 Å². The molecule has 13 heavy (non-hydrogen) atoms. The highest BCUT2D eigenvalue weighted by molar-refractivity contribution is 6.27. The van der Waals surface area contributed by atoms with Crippen LogP contribution in [0.25, 0.3) is 6.08 Å². The van der Waals surface area contributed by atoms with Crippen LogP contribution in [-0.2, 0) is 4.74 Å². The maximum atomic E-state index is 11.2. The quantitative estimate of drug-likeness (QED) is 0.680. The van der Waals surface area contributed by atoms with Crippen molar-refractivity contribution in [3.05, 3.63) is 40.9 Å². The Bertz CT molecular complexity index is 331. The maximum Gasteiger partial charge on any atom is 0.338 e. The smallest absolute Gasteiger partial charge is 0.338 e. The summed E-state index contributed by atoms with van der Waals surface area (Å²) in [5, 5.41) is 0. The van der Waals surface area contributed by atoms with Gasteiger partial charge in [0.15, 0.2) is 0 Å². The van der Waals surface area contributed by atoms with E-state index in [0.717, 1.165) is 5.56 Å². The van der Waals surface area contributed by atoms with Crippen LogP contribution in [0.5, 0.6) is 0 Å². The molecule has 0 radical (unpaired) electrons. The number of hydrogen-bond acceptors (Lipinski definition) is 2. The maximum absolute atomic E-state index is 11.2. The van der Waals surface area contributed by atoms with E-state index in [1.165, 1.54) is 12.6 Å². The lowest BCUT2D eigenvalue weighted by Crippen LogP contribution is -2.02. The van der Waals surface area contributed by atoms with Gasteiger partial charge in [0.2, 0.25) is 0 Å². The fourth-order valence-corrected chi connectivity index (χ4v) is 1.14. The van der Waals surface area contributed by atoms with E-state index in [2.05, 4.69) is 4.74 Å². The molecule has 68 valence electrons. The number of carbonyl (C=O) groups excluding carboxylic acids is 1. The minimum absolute atomic E-state index is 0.356. The third-order valence-corrected chi connectivity index (χ3v) is 1.73. The van der Waals surface area contributed by atoms with Gasteiger partial charge in [-0.1, -0.05) is 29.8 Å². The summed E-state index contributed by atoms with van der Waals surface area (Å²) in [5.41, 5.74) is 2.63. The minimum atomic E-state index is -0.356. The first-order chi connectivity index (χ1) is 6.29.